The van der Waals surface area contributed by atoms with Gasteiger partial charge in [0, 0.05) is 13.5 Å². The monoisotopic (exact) mass is 173 g/mol. The van der Waals surface area contributed by atoms with Crippen LogP contribution in [0.2, 0.25) is 0 Å². The van der Waals surface area contributed by atoms with E-state index in [1.807, 2.05) is 0 Å². The Morgan fingerprint density at radius 2 is 2.00 bits per heavy atom. The second-order valence-corrected chi connectivity index (χ2v) is 2.51. The third kappa shape index (κ3) is 7.05. The minimum absolute atomic E-state index is 0.569. The van der Waals surface area contributed by atoms with Gasteiger partial charge < -0.3 is 10.1 Å². The van der Waals surface area contributed by atoms with Crippen LogP contribution in [-0.4, -0.2) is 18.6 Å². The summed E-state index contributed by atoms with van der Waals surface area (Å²) >= 11 is 0. The highest BCUT2D eigenvalue weighted by atomic mass is 16.6. The number of rotatable bonds is 4. The van der Waals surface area contributed by atoms with E-state index in [9.17, 15) is 9.59 Å². The van der Waals surface area contributed by atoms with E-state index in [1.54, 1.807) is 0 Å². The van der Waals surface area contributed by atoms with Gasteiger partial charge in [0.25, 0.3) is 0 Å². The summed E-state index contributed by atoms with van der Waals surface area (Å²) in [6.07, 6.45) is 2.44. The number of alkyl carbamates (subject to hydrolysis) is 1. The Labute approximate surface area is 72.3 Å². The van der Waals surface area contributed by atoms with Crippen molar-refractivity contribution in [3.8, 4) is 0 Å². The third-order valence-corrected chi connectivity index (χ3v) is 1.29. The molecule has 0 aliphatic heterocycles. The lowest BCUT2D eigenvalue weighted by Crippen LogP contribution is -2.26. The Morgan fingerprint density at radius 3 is 2.50 bits per heavy atom. The molecule has 0 rings (SSSR count). The van der Waals surface area contributed by atoms with E-state index in [0.29, 0.717) is 6.54 Å². The smallest absolute Gasteiger partial charge is 0.377 e. The summed E-state index contributed by atoms with van der Waals surface area (Å²) in [4.78, 5) is 20.9. The number of ether oxygens (including phenoxy) is 1. The van der Waals surface area contributed by atoms with Gasteiger partial charge >= 0.3 is 12.1 Å². The predicted molar refractivity (Wildman–Crippen MR) is 44.7 cm³/mol. The van der Waals surface area contributed by atoms with Crippen LogP contribution in [0.1, 0.15) is 33.1 Å². The van der Waals surface area contributed by atoms with Crippen LogP contribution in [0.3, 0.4) is 0 Å². The van der Waals surface area contributed by atoms with Gasteiger partial charge in [-0.1, -0.05) is 19.8 Å². The van der Waals surface area contributed by atoms with Crippen LogP contribution in [0.4, 0.5) is 4.79 Å². The van der Waals surface area contributed by atoms with Gasteiger partial charge in [0.1, 0.15) is 0 Å². The van der Waals surface area contributed by atoms with Gasteiger partial charge in [0.2, 0.25) is 0 Å². The van der Waals surface area contributed by atoms with Crippen LogP contribution >= 0.6 is 0 Å². The number of carbonyl (C=O) groups excluding carboxylic acids is 2. The molecule has 0 aromatic heterocycles. The fourth-order valence-electron chi connectivity index (χ4n) is 0.732. The fourth-order valence-corrected chi connectivity index (χ4v) is 0.732. The molecule has 0 bridgehead atoms. The number of hydrogen-bond acceptors (Lipinski definition) is 3. The van der Waals surface area contributed by atoms with E-state index in [-0.39, 0.29) is 0 Å². The Kier molecular flexibility index (Phi) is 6.05. The predicted octanol–water partition coefficient (Wildman–Crippen LogP) is 1.45. The molecule has 12 heavy (non-hydrogen) atoms. The quantitative estimate of drug-likeness (QED) is 0.397. The summed E-state index contributed by atoms with van der Waals surface area (Å²) in [5.74, 6) is -0.581. The molecule has 0 heterocycles. The molecule has 0 saturated heterocycles. The molecule has 0 aliphatic carbocycles. The van der Waals surface area contributed by atoms with Crippen LogP contribution in [0.5, 0.6) is 0 Å². The number of unbranched alkanes of at least 4 members (excludes halogenated alkanes) is 2. The van der Waals surface area contributed by atoms with Gasteiger partial charge in [-0.25, -0.2) is 4.79 Å². The van der Waals surface area contributed by atoms with E-state index >= 15 is 0 Å². The third-order valence-electron chi connectivity index (χ3n) is 1.29. The van der Waals surface area contributed by atoms with Crippen molar-refractivity contribution in [1.29, 1.82) is 0 Å². The fraction of sp³-hybridized carbons (Fsp3) is 0.750. The second kappa shape index (κ2) is 6.64. The van der Waals surface area contributed by atoms with Crippen molar-refractivity contribution in [2.75, 3.05) is 6.54 Å². The lowest BCUT2D eigenvalue weighted by Gasteiger charge is -2.02. The molecular formula is C8H15NO3. The summed E-state index contributed by atoms with van der Waals surface area (Å²) in [5.41, 5.74) is 0. The van der Waals surface area contributed by atoms with Crippen LogP contribution in [0, 0.1) is 0 Å². The first-order chi connectivity index (χ1) is 5.66. The zero-order valence-corrected chi connectivity index (χ0v) is 7.55. The normalized spacial score (nSPS) is 9.17. The minimum Gasteiger partial charge on any atom is -0.377 e. The summed E-state index contributed by atoms with van der Waals surface area (Å²) in [6.45, 7) is 3.85. The Bertz CT molecular complexity index is 156. The molecule has 4 nitrogen and oxygen atoms in total. The van der Waals surface area contributed by atoms with Crippen LogP contribution in [0.25, 0.3) is 0 Å². The number of carbonyl (C=O) groups is 2. The second-order valence-electron chi connectivity index (χ2n) is 2.51. The first kappa shape index (κ1) is 10.9. The molecule has 0 spiro atoms. The van der Waals surface area contributed by atoms with Crippen molar-refractivity contribution in [3.63, 3.8) is 0 Å². The minimum atomic E-state index is -0.654. The van der Waals surface area contributed by atoms with Crippen molar-refractivity contribution in [2.45, 2.75) is 33.1 Å². The van der Waals surface area contributed by atoms with Crippen molar-refractivity contribution >= 4 is 12.1 Å². The van der Waals surface area contributed by atoms with Gasteiger partial charge in [0.05, 0.1) is 0 Å². The molecular weight excluding hydrogens is 158 g/mol. The zero-order chi connectivity index (χ0) is 9.40. The van der Waals surface area contributed by atoms with Crippen molar-refractivity contribution in [1.82, 2.24) is 5.32 Å². The van der Waals surface area contributed by atoms with Gasteiger partial charge in [-0.3, -0.25) is 4.79 Å². The molecule has 0 aromatic rings. The molecule has 4 heteroatoms. The van der Waals surface area contributed by atoms with Crippen molar-refractivity contribution in [3.05, 3.63) is 0 Å². The van der Waals surface area contributed by atoms with E-state index in [4.69, 9.17) is 0 Å². The maximum Gasteiger partial charge on any atom is 0.414 e. The highest BCUT2D eigenvalue weighted by Crippen LogP contribution is 1.91. The molecule has 0 saturated carbocycles. The molecule has 0 radical (unpaired) electrons. The largest absolute Gasteiger partial charge is 0.414 e. The van der Waals surface area contributed by atoms with Crippen molar-refractivity contribution in [2.24, 2.45) is 0 Å². The van der Waals surface area contributed by atoms with E-state index in [1.165, 1.54) is 6.92 Å². The van der Waals surface area contributed by atoms with Gasteiger partial charge in [-0.2, -0.15) is 0 Å². The highest BCUT2D eigenvalue weighted by Gasteiger charge is 2.02. The first-order valence-electron chi connectivity index (χ1n) is 4.13. The zero-order valence-electron chi connectivity index (χ0n) is 7.55. The molecule has 0 aliphatic rings. The number of esters is 1. The Morgan fingerprint density at radius 1 is 1.33 bits per heavy atom. The molecule has 0 unspecified atom stereocenters. The molecule has 0 aromatic carbocycles. The molecule has 70 valence electrons. The molecule has 0 atom stereocenters. The number of amides is 1. The lowest BCUT2D eigenvalue weighted by atomic mass is 10.2. The maximum absolute atomic E-state index is 10.7. The molecule has 0 fully saturated rings. The Balaban J connectivity index is 3.26. The lowest BCUT2D eigenvalue weighted by molar-refractivity contribution is -0.134. The summed E-state index contributed by atoms with van der Waals surface area (Å²) in [7, 11) is 0. The molecule has 1 amide bonds. The van der Waals surface area contributed by atoms with Gasteiger partial charge in [-0.15, -0.1) is 0 Å². The first-order valence-corrected chi connectivity index (χ1v) is 4.13. The highest BCUT2D eigenvalue weighted by molar-refractivity contribution is 5.82. The number of nitrogens with one attached hydrogen (secondary N) is 1. The van der Waals surface area contributed by atoms with E-state index in [2.05, 4.69) is 17.0 Å². The Hall–Kier alpha value is -1.06. The number of hydrogen-bond donors (Lipinski definition) is 1. The molecule has 1 N–H and O–H groups in total. The van der Waals surface area contributed by atoms with Crippen LogP contribution in [-0.2, 0) is 9.53 Å². The topological polar surface area (TPSA) is 55.4 Å². The average molecular weight is 173 g/mol. The van der Waals surface area contributed by atoms with Crippen LogP contribution in [0.15, 0.2) is 0 Å². The summed E-state index contributed by atoms with van der Waals surface area (Å²) in [5, 5.41) is 2.47. The van der Waals surface area contributed by atoms with E-state index in [0.717, 1.165) is 19.3 Å². The maximum atomic E-state index is 10.7. The van der Waals surface area contributed by atoms with Crippen molar-refractivity contribution < 1.29 is 14.3 Å². The van der Waals surface area contributed by atoms with Crippen LogP contribution < -0.4 is 5.32 Å². The van der Waals surface area contributed by atoms with E-state index < -0.39 is 12.1 Å². The van der Waals surface area contributed by atoms with Gasteiger partial charge in [-0.05, 0) is 6.42 Å². The summed E-state index contributed by atoms with van der Waals surface area (Å²) < 4.78 is 4.24. The average Bonchev–Trinajstić information content (AvgIpc) is 1.97. The standard InChI is InChI=1S/C8H15NO3/c1-3-4-5-6-9-8(11)12-7(2)10/h3-6H2,1-2H3,(H,9,11). The summed E-state index contributed by atoms with van der Waals surface area (Å²) in [6, 6.07) is 0. The SMILES string of the molecule is CCCCCNC(=O)OC(C)=O. The van der Waals surface area contributed by atoms with Gasteiger partial charge in [0.15, 0.2) is 0 Å².